The molecule has 0 unspecified atom stereocenters. The number of amidine groups is 1. The second-order valence-electron chi connectivity index (χ2n) is 6.82. The smallest absolute Gasteiger partial charge is 0.264 e. The maximum atomic E-state index is 12.3. The molecule has 1 N–H and O–H groups in total. The quantitative estimate of drug-likeness (QED) is 0.663. The first-order valence-corrected chi connectivity index (χ1v) is 10.5. The van der Waals surface area contributed by atoms with Gasteiger partial charge in [0, 0.05) is 25.2 Å². The van der Waals surface area contributed by atoms with Gasteiger partial charge in [0.25, 0.3) is 5.91 Å². The lowest BCUT2D eigenvalue weighted by Gasteiger charge is -2.13. The second kappa shape index (κ2) is 7.56. The van der Waals surface area contributed by atoms with Crippen LogP contribution in [0.4, 0.5) is 11.6 Å². The first kappa shape index (κ1) is 18.4. The maximum Gasteiger partial charge on any atom is 0.264 e. The van der Waals surface area contributed by atoms with E-state index in [1.54, 1.807) is 6.08 Å². The van der Waals surface area contributed by atoms with E-state index in [9.17, 15) is 4.79 Å². The number of hydrogen-bond acceptors (Lipinski definition) is 5. The van der Waals surface area contributed by atoms with Crippen LogP contribution >= 0.6 is 27.7 Å². The summed E-state index contributed by atoms with van der Waals surface area (Å²) >= 11 is 4.89. The summed E-state index contributed by atoms with van der Waals surface area (Å²) in [7, 11) is 0. The first-order chi connectivity index (χ1) is 13.0. The zero-order chi connectivity index (χ0) is 19.0. The Balaban J connectivity index is 1.55. The highest BCUT2D eigenvalue weighted by atomic mass is 79.9. The fraction of sp³-hybridized carbons (Fsp3) is 0.300. The van der Waals surface area contributed by atoms with E-state index in [0.29, 0.717) is 15.8 Å². The summed E-state index contributed by atoms with van der Waals surface area (Å²) in [4.78, 5) is 19.7. The molecule has 0 spiro atoms. The third-order valence-electron chi connectivity index (χ3n) is 4.44. The normalized spacial score (nSPS) is 20.1. The van der Waals surface area contributed by atoms with E-state index < -0.39 is 0 Å². The summed E-state index contributed by atoms with van der Waals surface area (Å²) in [6.45, 7) is 6.08. The number of hydrogen-bond donors (Lipinski definition) is 1. The van der Waals surface area contributed by atoms with Crippen LogP contribution in [0.15, 0.2) is 43.1 Å². The summed E-state index contributed by atoms with van der Waals surface area (Å²) in [5.74, 6) is 1.35. The highest BCUT2D eigenvalue weighted by molar-refractivity contribution is 9.10. The molecule has 140 valence electrons. The number of rotatable bonds is 3. The SMILES string of the molecule is Cc1cc(C)cc(N=C2NC(=O)/C(=C/c3cc(Br)c(N4CCCC4)o3)S2)c1. The number of anilines is 1. The highest BCUT2D eigenvalue weighted by Gasteiger charge is 2.25. The lowest BCUT2D eigenvalue weighted by molar-refractivity contribution is -0.115. The second-order valence-corrected chi connectivity index (χ2v) is 8.71. The first-order valence-electron chi connectivity index (χ1n) is 8.90. The van der Waals surface area contributed by atoms with Crippen molar-refractivity contribution in [3.8, 4) is 0 Å². The third kappa shape index (κ3) is 4.14. The molecule has 2 aliphatic heterocycles. The van der Waals surface area contributed by atoms with Crippen LogP contribution in [-0.4, -0.2) is 24.2 Å². The zero-order valence-electron chi connectivity index (χ0n) is 15.2. The van der Waals surface area contributed by atoms with Crippen molar-refractivity contribution in [3.05, 3.63) is 50.5 Å². The molecule has 5 nitrogen and oxygen atoms in total. The molecule has 1 amide bonds. The number of aliphatic imine (C=N–C) groups is 1. The molecule has 1 aromatic heterocycles. The van der Waals surface area contributed by atoms with Crippen molar-refractivity contribution in [2.75, 3.05) is 18.0 Å². The largest absolute Gasteiger partial charge is 0.440 e. The number of aryl methyl sites for hydroxylation is 2. The van der Waals surface area contributed by atoms with E-state index in [4.69, 9.17) is 4.42 Å². The molecule has 2 saturated heterocycles. The minimum Gasteiger partial charge on any atom is -0.440 e. The van der Waals surface area contributed by atoms with Gasteiger partial charge in [-0.1, -0.05) is 6.07 Å². The Labute approximate surface area is 171 Å². The number of carbonyl (C=O) groups excluding carboxylic acids is 1. The number of furan rings is 1. The van der Waals surface area contributed by atoms with Gasteiger partial charge >= 0.3 is 0 Å². The Kier molecular flexibility index (Phi) is 5.14. The predicted octanol–water partition coefficient (Wildman–Crippen LogP) is 5.15. The number of nitrogens with one attached hydrogen (secondary N) is 1. The Morgan fingerprint density at radius 2 is 1.89 bits per heavy atom. The van der Waals surface area contributed by atoms with Gasteiger partial charge in [-0.3, -0.25) is 4.79 Å². The van der Waals surface area contributed by atoms with Crippen LogP contribution in [0.2, 0.25) is 0 Å². The molecule has 0 bridgehead atoms. The summed E-state index contributed by atoms with van der Waals surface area (Å²) in [5, 5.41) is 3.41. The average molecular weight is 446 g/mol. The van der Waals surface area contributed by atoms with Gasteiger partial charge in [0.15, 0.2) is 5.17 Å². The minimum absolute atomic E-state index is 0.154. The van der Waals surface area contributed by atoms with Crippen LogP contribution in [0.1, 0.15) is 29.7 Å². The Bertz CT molecular complexity index is 938. The van der Waals surface area contributed by atoms with E-state index >= 15 is 0 Å². The molecule has 2 aliphatic rings. The minimum atomic E-state index is -0.154. The summed E-state index contributed by atoms with van der Waals surface area (Å²) in [6.07, 6.45) is 4.13. The molecule has 0 saturated carbocycles. The van der Waals surface area contributed by atoms with Crippen molar-refractivity contribution in [1.82, 2.24) is 5.32 Å². The molecular formula is C20H20BrN3O2S. The van der Waals surface area contributed by atoms with Crippen molar-refractivity contribution in [2.45, 2.75) is 26.7 Å². The van der Waals surface area contributed by atoms with Crippen LogP contribution in [0.3, 0.4) is 0 Å². The van der Waals surface area contributed by atoms with Crippen LogP contribution in [-0.2, 0) is 4.79 Å². The molecule has 1 aromatic carbocycles. The fourth-order valence-electron chi connectivity index (χ4n) is 3.33. The van der Waals surface area contributed by atoms with Gasteiger partial charge in [0.2, 0.25) is 5.88 Å². The fourth-order valence-corrected chi connectivity index (χ4v) is 4.70. The number of thioether (sulfide) groups is 1. The molecule has 0 aliphatic carbocycles. The van der Waals surface area contributed by atoms with Crippen LogP contribution < -0.4 is 10.2 Å². The van der Waals surface area contributed by atoms with Gasteiger partial charge in [-0.15, -0.1) is 0 Å². The van der Waals surface area contributed by atoms with Crippen LogP contribution in [0.5, 0.6) is 0 Å². The maximum absolute atomic E-state index is 12.3. The van der Waals surface area contributed by atoms with E-state index in [-0.39, 0.29) is 5.91 Å². The predicted molar refractivity (Wildman–Crippen MR) is 115 cm³/mol. The van der Waals surface area contributed by atoms with Crippen molar-refractivity contribution < 1.29 is 9.21 Å². The van der Waals surface area contributed by atoms with E-state index in [1.165, 1.54) is 24.6 Å². The van der Waals surface area contributed by atoms with Crippen molar-refractivity contribution in [2.24, 2.45) is 4.99 Å². The monoisotopic (exact) mass is 445 g/mol. The van der Waals surface area contributed by atoms with Gasteiger partial charge in [-0.2, -0.15) is 0 Å². The molecule has 2 fully saturated rings. The number of carbonyl (C=O) groups is 1. The Morgan fingerprint density at radius 3 is 2.59 bits per heavy atom. The molecular weight excluding hydrogens is 426 g/mol. The molecule has 27 heavy (non-hydrogen) atoms. The van der Waals surface area contributed by atoms with Crippen LogP contribution in [0.25, 0.3) is 6.08 Å². The van der Waals surface area contributed by atoms with Gasteiger partial charge in [0.05, 0.1) is 15.1 Å². The molecule has 3 heterocycles. The van der Waals surface area contributed by atoms with Crippen molar-refractivity contribution in [3.63, 3.8) is 0 Å². The average Bonchev–Trinajstić information content (AvgIpc) is 3.28. The Morgan fingerprint density at radius 1 is 1.19 bits per heavy atom. The zero-order valence-corrected chi connectivity index (χ0v) is 17.6. The van der Waals surface area contributed by atoms with E-state index in [0.717, 1.165) is 40.3 Å². The number of amides is 1. The van der Waals surface area contributed by atoms with E-state index in [2.05, 4.69) is 37.2 Å². The van der Waals surface area contributed by atoms with Crippen molar-refractivity contribution in [1.29, 1.82) is 0 Å². The number of nitrogens with zero attached hydrogens (tertiary/aromatic N) is 2. The van der Waals surface area contributed by atoms with Gasteiger partial charge < -0.3 is 14.6 Å². The van der Waals surface area contributed by atoms with Gasteiger partial charge in [-0.25, -0.2) is 4.99 Å². The lowest BCUT2D eigenvalue weighted by atomic mass is 10.1. The Hall–Kier alpha value is -1.99. The standard InChI is InChI=1S/C20H20BrN3O2S/c1-12-7-13(2)9-14(8-12)22-20-23-18(25)17(27-20)11-15-10-16(21)19(26-15)24-5-3-4-6-24/h7-11H,3-6H2,1-2H3,(H,22,23,25)/b17-11-. The van der Waals surface area contributed by atoms with Gasteiger partial charge in [-0.05, 0) is 77.6 Å². The lowest BCUT2D eigenvalue weighted by Crippen LogP contribution is -2.19. The molecule has 0 atom stereocenters. The molecule has 7 heteroatoms. The molecule has 2 aromatic rings. The number of benzene rings is 1. The summed E-state index contributed by atoms with van der Waals surface area (Å²) in [6, 6.07) is 8.01. The van der Waals surface area contributed by atoms with Gasteiger partial charge in [0.1, 0.15) is 5.76 Å². The summed E-state index contributed by atoms with van der Waals surface area (Å²) in [5.41, 5.74) is 3.14. The molecule has 0 radical (unpaired) electrons. The van der Waals surface area contributed by atoms with E-state index in [1.807, 2.05) is 32.0 Å². The van der Waals surface area contributed by atoms with Crippen LogP contribution in [0, 0.1) is 13.8 Å². The topological polar surface area (TPSA) is 57.8 Å². The highest BCUT2D eigenvalue weighted by Crippen LogP contribution is 2.35. The third-order valence-corrected chi connectivity index (χ3v) is 5.92. The van der Waals surface area contributed by atoms with Crippen molar-refractivity contribution >= 4 is 56.4 Å². The molecule has 4 rings (SSSR count). The summed E-state index contributed by atoms with van der Waals surface area (Å²) < 4.78 is 6.88. The number of halogens is 1.